The first-order valence-corrected chi connectivity index (χ1v) is 11.1. The first-order valence-electron chi connectivity index (χ1n) is 9.81. The van der Waals surface area contributed by atoms with Crippen molar-refractivity contribution in [3.8, 4) is 0 Å². The number of hydrogen-bond acceptors (Lipinski definition) is 8. The van der Waals surface area contributed by atoms with Gasteiger partial charge in [-0.3, -0.25) is 9.89 Å². The molecular weight excluding hydrogens is 443 g/mol. The predicted molar refractivity (Wildman–Crippen MR) is 117 cm³/mol. The van der Waals surface area contributed by atoms with Crippen molar-refractivity contribution in [2.45, 2.75) is 19.1 Å². The molecule has 3 heterocycles. The molecule has 1 N–H and O–H groups in total. The number of morpholine rings is 1. The molecule has 0 amide bonds. The molecule has 0 spiro atoms. The fourth-order valence-electron chi connectivity index (χ4n) is 3.73. The van der Waals surface area contributed by atoms with Gasteiger partial charge in [0.25, 0.3) is 0 Å². The third kappa shape index (κ3) is 4.79. The van der Waals surface area contributed by atoms with Gasteiger partial charge in [-0.25, -0.2) is 14.2 Å². The highest BCUT2D eigenvalue weighted by Crippen LogP contribution is 2.36. The number of ether oxygens (including phenoxy) is 2. The van der Waals surface area contributed by atoms with E-state index in [-0.39, 0.29) is 11.1 Å². The van der Waals surface area contributed by atoms with Gasteiger partial charge in [0.2, 0.25) is 0 Å². The van der Waals surface area contributed by atoms with E-state index in [9.17, 15) is 9.18 Å². The molecule has 0 aliphatic carbocycles. The standard InChI is InChI=1S/C21H22ClFN4O3S/c1-12-10-27(6-7-30-12)11-16-17(21(28)29-2)18(14-4-3-13(23)9-15(14)22)26-19(25-16)20-24-5-8-31-20/h3-5,8-9,12,18H,6-7,10-11H2,1-2H3,(H,25,26)/t12-,18-/m0/s1. The number of amidine groups is 1. The number of nitrogens with one attached hydrogen (secondary N) is 1. The van der Waals surface area contributed by atoms with Gasteiger partial charge in [-0.05, 0) is 19.1 Å². The van der Waals surface area contributed by atoms with Crippen molar-refractivity contribution in [1.29, 1.82) is 0 Å². The van der Waals surface area contributed by atoms with Crippen molar-refractivity contribution in [2.24, 2.45) is 4.99 Å². The summed E-state index contributed by atoms with van der Waals surface area (Å²) in [5.74, 6) is -0.446. The van der Waals surface area contributed by atoms with Crippen LogP contribution in [-0.2, 0) is 14.3 Å². The number of halogens is 2. The Bertz CT molecular complexity index is 1030. The van der Waals surface area contributed by atoms with Crippen LogP contribution in [0.2, 0.25) is 5.02 Å². The number of esters is 1. The van der Waals surface area contributed by atoms with Crippen LogP contribution < -0.4 is 5.32 Å². The number of thiazole rings is 1. The Hall–Kier alpha value is -2.33. The lowest BCUT2D eigenvalue weighted by Gasteiger charge is -2.34. The topological polar surface area (TPSA) is 76.0 Å². The van der Waals surface area contributed by atoms with Crippen LogP contribution in [0, 0.1) is 5.82 Å². The van der Waals surface area contributed by atoms with Gasteiger partial charge < -0.3 is 14.8 Å². The maximum absolute atomic E-state index is 13.7. The Balaban J connectivity index is 1.80. The summed E-state index contributed by atoms with van der Waals surface area (Å²) in [5, 5.41) is 6.01. The number of nitrogens with zero attached hydrogens (tertiary/aromatic N) is 3. The minimum Gasteiger partial charge on any atom is -0.466 e. The zero-order chi connectivity index (χ0) is 22.0. The Morgan fingerprint density at radius 3 is 3.00 bits per heavy atom. The lowest BCUT2D eigenvalue weighted by Crippen LogP contribution is -2.45. The maximum atomic E-state index is 13.7. The van der Waals surface area contributed by atoms with Crippen LogP contribution in [0.5, 0.6) is 0 Å². The van der Waals surface area contributed by atoms with Gasteiger partial charge >= 0.3 is 5.97 Å². The quantitative estimate of drug-likeness (QED) is 0.685. The number of carbonyl (C=O) groups is 1. The van der Waals surface area contributed by atoms with Crippen LogP contribution in [0.15, 0.2) is 46.0 Å². The lowest BCUT2D eigenvalue weighted by atomic mass is 9.95. The van der Waals surface area contributed by atoms with Crippen LogP contribution >= 0.6 is 22.9 Å². The highest BCUT2D eigenvalue weighted by molar-refractivity contribution is 7.11. The van der Waals surface area contributed by atoms with E-state index in [1.165, 1.54) is 30.6 Å². The van der Waals surface area contributed by atoms with E-state index in [2.05, 4.69) is 15.2 Å². The van der Waals surface area contributed by atoms with Crippen molar-refractivity contribution < 1.29 is 18.7 Å². The second kappa shape index (κ2) is 9.44. The first kappa shape index (κ1) is 21.9. The summed E-state index contributed by atoms with van der Waals surface area (Å²) in [6.07, 6.45) is 1.78. The van der Waals surface area contributed by atoms with Crippen LogP contribution in [0.1, 0.15) is 23.5 Å². The van der Waals surface area contributed by atoms with Gasteiger partial charge in [0.15, 0.2) is 10.8 Å². The second-order valence-corrected chi connectivity index (χ2v) is 8.61. The molecule has 2 aromatic rings. The summed E-state index contributed by atoms with van der Waals surface area (Å²) in [6, 6.07) is 3.32. The zero-order valence-electron chi connectivity index (χ0n) is 17.1. The van der Waals surface area contributed by atoms with E-state index >= 15 is 0 Å². The van der Waals surface area contributed by atoms with Crippen molar-refractivity contribution in [3.05, 3.63) is 62.5 Å². The summed E-state index contributed by atoms with van der Waals surface area (Å²) < 4.78 is 24.4. The molecule has 31 heavy (non-hydrogen) atoms. The zero-order valence-corrected chi connectivity index (χ0v) is 18.7. The molecule has 1 aromatic carbocycles. The van der Waals surface area contributed by atoms with Crippen molar-refractivity contribution in [2.75, 3.05) is 33.4 Å². The van der Waals surface area contributed by atoms with E-state index < -0.39 is 17.8 Å². The van der Waals surface area contributed by atoms with Gasteiger partial charge in [-0.15, -0.1) is 11.3 Å². The molecule has 0 unspecified atom stereocenters. The largest absolute Gasteiger partial charge is 0.466 e. The number of benzene rings is 1. The van der Waals surface area contributed by atoms with Crippen molar-refractivity contribution >= 4 is 34.7 Å². The second-order valence-electron chi connectivity index (χ2n) is 7.31. The third-order valence-corrected chi connectivity index (χ3v) is 6.24. The van der Waals surface area contributed by atoms with E-state index in [4.69, 9.17) is 26.1 Å². The average Bonchev–Trinajstić information content (AvgIpc) is 3.28. The molecule has 2 atom stereocenters. The van der Waals surface area contributed by atoms with Crippen LogP contribution in [-0.4, -0.2) is 61.1 Å². The summed E-state index contributed by atoms with van der Waals surface area (Å²) in [7, 11) is 1.33. The Kier molecular flexibility index (Phi) is 6.66. The Morgan fingerprint density at radius 2 is 2.32 bits per heavy atom. The van der Waals surface area contributed by atoms with Gasteiger partial charge in [0, 0.05) is 47.5 Å². The monoisotopic (exact) mass is 464 g/mol. The minimum atomic E-state index is -0.755. The number of rotatable bonds is 5. The average molecular weight is 465 g/mol. The summed E-state index contributed by atoms with van der Waals surface area (Å²) in [4.78, 5) is 24.2. The molecule has 164 valence electrons. The number of methoxy groups -OCH3 is 1. The van der Waals surface area contributed by atoms with E-state index in [0.717, 1.165) is 13.1 Å². The number of aliphatic imine (C=N–C) groups is 1. The number of carbonyl (C=O) groups excluding carboxylic acids is 1. The van der Waals surface area contributed by atoms with Crippen LogP contribution in [0.25, 0.3) is 0 Å². The third-order valence-electron chi connectivity index (χ3n) is 5.13. The maximum Gasteiger partial charge on any atom is 0.338 e. The fraction of sp³-hybridized carbons (Fsp3) is 0.381. The van der Waals surface area contributed by atoms with Crippen molar-refractivity contribution in [1.82, 2.24) is 15.2 Å². The molecule has 0 bridgehead atoms. The molecule has 7 nitrogen and oxygen atoms in total. The normalized spacial score (nSPS) is 22.1. The molecule has 10 heteroatoms. The van der Waals surface area contributed by atoms with E-state index in [1.807, 2.05) is 12.3 Å². The summed E-state index contributed by atoms with van der Waals surface area (Å²) in [6.45, 7) is 4.56. The highest BCUT2D eigenvalue weighted by Gasteiger charge is 2.34. The van der Waals surface area contributed by atoms with Gasteiger partial charge in [0.1, 0.15) is 11.9 Å². The predicted octanol–water partition coefficient (Wildman–Crippen LogP) is 3.17. The molecule has 1 fully saturated rings. The number of hydrogen-bond donors (Lipinski definition) is 1. The first-order chi connectivity index (χ1) is 15.0. The number of aromatic nitrogens is 1. The smallest absolute Gasteiger partial charge is 0.338 e. The van der Waals surface area contributed by atoms with E-state index in [1.54, 1.807) is 12.3 Å². The van der Waals surface area contributed by atoms with Crippen LogP contribution in [0.4, 0.5) is 4.39 Å². The van der Waals surface area contributed by atoms with Gasteiger partial charge in [-0.1, -0.05) is 17.7 Å². The Labute approximate surface area is 188 Å². The molecule has 2 aliphatic rings. The molecule has 2 aliphatic heterocycles. The van der Waals surface area contributed by atoms with E-state index in [0.29, 0.717) is 40.8 Å². The molecular formula is C21H22ClFN4O3S. The molecule has 1 saturated heterocycles. The summed E-state index contributed by atoms with van der Waals surface area (Å²) in [5.41, 5.74) is 1.52. The minimum absolute atomic E-state index is 0.0916. The summed E-state index contributed by atoms with van der Waals surface area (Å²) >= 11 is 7.79. The van der Waals surface area contributed by atoms with Gasteiger partial charge in [0.05, 0.1) is 25.4 Å². The van der Waals surface area contributed by atoms with Crippen LogP contribution in [0.3, 0.4) is 0 Å². The van der Waals surface area contributed by atoms with Crippen molar-refractivity contribution in [3.63, 3.8) is 0 Å². The molecule has 0 radical (unpaired) electrons. The molecule has 1 aromatic heterocycles. The fourth-order valence-corrected chi connectivity index (χ4v) is 4.58. The lowest BCUT2D eigenvalue weighted by molar-refractivity contribution is -0.136. The Morgan fingerprint density at radius 1 is 1.48 bits per heavy atom. The highest BCUT2D eigenvalue weighted by atomic mass is 35.5. The SMILES string of the molecule is COC(=O)C1=C(CN2CCO[C@@H](C)C2)NC(c2nccs2)=N[C@H]1c1ccc(F)cc1Cl. The van der Waals surface area contributed by atoms with Gasteiger partial charge in [-0.2, -0.15) is 0 Å². The molecule has 4 rings (SSSR count). The molecule has 0 saturated carbocycles.